The molecule has 2 aromatic heterocycles. The molecule has 4 heteroatoms. The summed E-state index contributed by atoms with van der Waals surface area (Å²) in [5.74, 6) is -0.196. The van der Waals surface area contributed by atoms with E-state index in [0.717, 1.165) is 4.88 Å². The molecule has 0 radical (unpaired) electrons. The van der Waals surface area contributed by atoms with Crippen molar-refractivity contribution in [3.63, 3.8) is 0 Å². The van der Waals surface area contributed by atoms with Crippen molar-refractivity contribution in [1.29, 1.82) is 0 Å². The van der Waals surface area contributed by atoms with Gasteiger partial charge in [0, 0.05) is 26.8 Å². The van der Waals surface area contributed by atoms with E-state index >= 15 is 0 Å². The molecule has 0 aliphatic carbocycles. The molecular formula is C15H11FO2S. The molecule has 0 saturated heterocycles. The number of hydrogen-bond donors (Lipinski definition) is 0. The third kappa shape index (κ3) is 1.98. The van der Waals surface area contributed by atoms with Crippen molar-refractivity contribution >= 4 is 28.1 Å². The second-order valence-electron chi connectivity index (χ2n) is 4.47. The highest BCUT2D eigenvalue weighted by molar-refractivity contribution is 7.10. The van der Waals surface area contributed by atoms with Crippen LogP contribution in [0.25, 0.3) is 11.0 Å². The molecule has 0 N–H and O–H groups in total. The first-order valence-electron chi connectivity index (χ1n) is 5.85. The molecule has 2 heterocycles. The quantitative estimate of drug-likeness (QED) is 0.645. The largest absolute Gasteiger partial charge is 0.452 e. The maximum atomic E-state index is 13.2. The molecule has 0 atom stereocenters. The molecule has 0 aliphatic heterocycles. The van der Waals surface area contributed by atoms with E-state index in [-0.39, 0.29) is 11.6 Å². The minimum Gasteiger partial charge on any atom is -0.452 e. The molecule has 96 valence electrons. The number of ketones is 1. The van der Waals surface area contributed by atoms with E-state index < -0.39 is 0 Å². The lowest BCUT2D eigenvalue weighted by Gasteiger charge is -1.94. The lowest BCUT2D eigenvalue weighted by atomic mass is 10.1. The number of carbonyl (C=O) groups excluding carboxylic acids is 1. The summed E-state index contributed by atoms with van der Waals surface area (Å²) in [5, 5.41) is 2.46. The van der Waals surface area contributed by atoms with Crippen molar-refractivity contribution in [2.75, 3.05) is 0 Å². The molecule has 2 nitrogen and oxygen atoms in total. The monoisotopic (exact) mass is 274 g/mol. The maximum absolute atomic E-state index is 13.2. The van der Waals surface area contributed by atoms with E-state index in [1.165, 1.54) is 23.5 Å². The number of fused-ring (bicyclic) bond motifs is 1. The van der Waals surface area contributed by atoms with Crippen molar-refractivity contribution in [1.82, 2.24) is 0 Å². The van der Waals surface area contributed by atoms with Crippen LogP contribution in [0.1, 0.15) is 26.6 Å². The Balaban J connectivity index is 2.15. The van der Waals surface area contributed by atoms with Gasteiger partial charge in [0.2, 0.25) is 5.78 Å². The van der Waals surface area contributed by atoms with Gasteiger partial charge in [-0.15, -0.1) is 11.3 Å². The number of rotatable bonds is 2. The van der Waals surface area contributed by atoms with E-state index in [2.05, 4.69) is 0 Å². The van der Waals surface area contributed by atoms with Gasteiger partial charge in [0.25, 0.3) is 0 Å². The molecule has 3 rings (SSSR count). The zero-order valence-corrected chi connectivity index (χ0v) is 11.3. The summed E-state index contributed by atoms with van der Waals surface area (Å²) in [6.07, 6.45) is 0. The summed E-state index contributed by atoms with van der Waals surface area (Å²) in [6, 6.07) is 6.10. The molecule has 0 unspecified atom stereocenters. The highest BCUT2D eigenvalue weighted by Gasteiger charge is 2.20. The summed E-state index contributed by atoms with van der Waals surface area (Å²) >= 11 is 1.52. The molecule has 0 saturated carbocycles. The summed E-state index contributed by atoms with van der Waals surface area (Å²) < 4.78 is 18.8. The Bertz CT molecular complexity index is 783. The Morgan fingerprint density at radius 3 is 2.74 bits per heavy atom. The minimum atomic E-state index is -0.332. The molecule has 0 bridgehead atoms. The van der Waals surface area contributed by atoms with Crippen LogP contribution in [-0.2, 0) is 0 Å². The first-order valence-corrected chi connectivity index (χ1v) is 6.72. The first-order chi connectivity index (χ1) is 9.06. The Kier molecular flexibility index (Phi) is 2.75. The minimum absolute atomic E-state index is 0.154. The molecular weight excluding hydrogens is 263 g/mol. The fraction of sp³-hybridized carbons (Fsp3) is 0.133. The van der Waals surface area contributed by atoms with Crippen LogP contribution in [0.2, 0.25) is 0 Å². The van der Waals surface area contributed by atoms with Gasteiger partial charge >= 0.3 is 0 Å². The number of furan rings is 1. The highest BCUT2D eigenvalue weighted by atomic mass is 32.1. The topological polar surface area (TPSA) is 30.2 Å². The highest BCUT2D eigenvalue weighted by Crippen LogP contribution is 2.28. The maximum Gasteiger partial charge on any atom is 0.229 e. The van der Waals surface area contributed by atoms with Crippen LogP contribution in [0, 0.1) is 19.7 Å². The Hall–Kier alpha value is -1.94. The predicted octanol–water partition coefficient (Wildman–Crippen LogP) is 4.48. The van der Waals surface area contributed by atoms with Gasteiger partial charge in [0.15, 0.2) is 5.76 Å². The fourth-order valence-corrected chi connectivity index (χ4v) is 2.79. The normalized spacial score (nSPS) is 11.1. The Morgan fingerprint density at radius 1 is 1.26 bits per heavy atom. The summed E-state index contributed by atoms with van der Waals surface area (Å²) in [7, 11) is 0. The van der Waals surface area contributed by atoms with Gasteiger partial charge in [-0.1, -0.05) is 0 Å². The van der Waals surface area contributed by atoms with Crippen LogP contribution in [0.5, 0.6) is 0 Å². The third-order valence-electron chi connectivity index (χ3n) is 3.10. The van der Waals surface area contributed by atoms with Crippen LogP contribution in [0.3, 0.4) is 0 Å². The van der Waals surface area contributed by atoms with E-state index in [0.29, 0.717) is 27.9 Å². The molecule has 3 aromatic rings. The lowest BCUT2D eigenvalue weighted by molar-refractivity contribution is 0.101. The molecule has 0 amide bonds. The van der Waals surface area contributed by atoms with Crippen molar-refractivity contribution < 1.29 is 13.6 Å². The predicted molar refractivity (Wildman–Crippen MR) is 73.4 cm³/mol. The number of halogens is 1. The van der Waals surface area contributed by atoms with E-state index in [1.807, 2.05) is 18.4 Å². The van der Waals surface area contributed by atoms with Crippen LogP contribution < -0.4 is 0 Å². The summed E-state index contributed by atoms with van der Waals surface area (Å²) in [4.78, 5) is 13.4. The van der Waals surface area contributed by atoms with Crippen LogP contribution in [-0.4, -0.2) is 5.78 Å². The first kappa shape index (κ1) is 12.1. The standard InChI is InChI=1S/C15H11FO2S/c1-8-5-10(7-19-8)14(17)15-9(2)12-6-11(16)3-4-13(12)18-15/h3-7H,1-2H3. The SMILES string of the molecule is Cc1cc(C(=O)c2oc3ccc(F)cc3c2C)cs1. The van der Waals surface area contributed by atoms with Crippen molar-refractivity contribution in [2.45, 2.75) is 13.8 Å². The van der Waals surface area contributed by atoms with Gasteiger partial charge in [0.05, 0.1) is 0 Å². The van der Waals surface area contributed by atoms with Crippen molar-refractivity contribution in [2.24, 2.45) is 0 Å². The summed E-state index contributed by atoms with van der Waals surface area (Å²) in [5.41, 5.74) is 1.84. The zero-order valence-electron chi connectivity index (χ0n) is 10.5. The van der Waals surface area contributed by atoms with Gasteiger partial charge in [-0.2, -0.15) is 0 Å². The third-order valence-corrected chi connectivity index (χ3v) is 3.96. The molecule has 19 heavy (non-hydrogen) atoms. The smallest absolute Gasteiger partial charge is 0.229 e. The fourth-order valence-electron chi connectivity index (χ4n) is 2.10. The van der Waals surface area contributed by atoms with Crippen LogP contribution in [0.4, 0.5) is 4.39 Å². The van der Waals surface area contributed by atoms with Gasteiger partial charge in [-0.05, 0) is 38.1 Å². The number of hydrogen-bond acceptors (Lipinski definition) is 3. The molecule has 0 aliphatic rings. The average Bonchev–Trinajstić information content (AvgIpc) is 2.94. The van der Waals surface area contributed by atoms with Crippen molar-refractivity contribution in [3.8, 4) is 0 Å². The van der Waals surface area contributed by atoms with E-state index in [4.69, 9.17) is 4.42 Å². The van der Waals surface area contributed by atoms with Crippen LogP contribution >= 0.6 is 11.3 Å². The second-order valence-corrected chi connectivity index (χ2v) is 5.59. The summed E-state index contributed by atoms with van der Waals surface area (Å²) in [6.45, 7) is 3.72. The molecule has 0 spiro atoms. The number of thiophene rings is 1. The van der Waals surface area contributed by atoms with Gasteiger partial charge in [-0.25, -0.2) is 4.39 Å². The number of benzene rings is 1. The number of carbonyl (C=O) groups is 1. The van der Waals surface area contributed by atoms with Crippen molar-refractivity contribution in [3.05, 3.63) is 57.2 Å². The van der Waals surface area contributed by atoms with E-state index in [1.54, 1.807) is 13.0 Å². The molecule has 1 aromatic carbocycles. The lowest BCUT2D eigenvalue weighted by Crippen LogP contribution is -1.99. The van der Waals surface area contributed by atoms with E-state index in [9.17, 15) is 9.18 Å². The van der Waals surface area contributed by atoms with Gasteiger partial charge in [0.1, 0.15) is 11.4 Å². The number of aryl methyl sites for hydroxylation is 2. The zero-order chi connectivity index (χ0) is 13.6. The average molecular weight is 274 g/mol. The Morgan fingerprint density at radius 2 is 2.05 bits per heavy atom. The molecule has 0 fully saturated rings. The van der Waals surface area contributed by atoms with Crippen LogP contribution in [0.15, 0.2) is 34.1 Å². The second kappa shape index (κ2) is 4.31. The van der Waals surface area contributed by atoms with Gasteiger partial charge in [-0.3, -0.25) is 4.79 Å². The Labute approximate surface area is 113 Å². The van der Waals surface area contributed by atoms with Gasteiger partial charge < -0.3 is 4.42 Å².